The zero-order valence-corrected chi connectivity index (χ0v) is 8.23. The molecule has 2 heteroatoms. The Kier molecular flexibility index (Phi) is 2.35. The van der Waals surface area contributed by atoms with Gasteiger partial charge >= 0.3 is 0 Å². The van der Waals surface area contributed by atoms with Gasteiger partial charge in [-0.05, 0) is 18.6 Å². The van der Waals surface area contributed by atoms with Crippen molar-refractivity contribution in [3.05, 3.63) is 36.0 Å². The van der Waals surface area contributed by atoms with Crippen molar-refractivity contribution < 1.29 is 4.79 Å². The van der Waals surface area contributed by atoms with Crippen LogP contribution in [0.3, 0.4) is 0 Å². The molecule has 0 bridgehead atoms. The largest absolute Gasteiger partial charge is 0.347 e. The van der Waals surface area contributed by atoms with Gasteiger partial charge in [-0.2, -0.15) is 0 Å². The summed E-state index contributed by atoms with van der Waals surface area (Å²) in [6.07, 6.45) is 4.06. The minimum Gasteiger partial charge on any atom is -0.347 e. The molecule has 14 heavy (non-hydrogen) atoms. The smallest absolute Gasteiger partial charge is 0.150 e. The number of aldehydes is 1. The van der Waals surface area contributed by atoms with Crippen molar-refractivity contribution in [1.82, 2.24) is 4.57 Å². The van der Waals surface area contributed by atoms with Crippen molar-refractivity contribution in [3.63, 3.8) is 0 Å². The van der Waals surface area contributed by atoms with Crippen molar-refractivity contribution in [3.8, 4) is 0 Å². The van der Waals surface area contributed by atoms with Crippen LogP contribution in [-0.2, 0) is 6.54 Å². The molecule has 0 unspecified atom stereocenters. The highest BCUT2D eigenvalue weighted by molar-refractivity contribution is 5.97. The van der Waals surface area contributed by atoms with Crippen LogP contribution in [0.1, 0.15) is 23.7 Å². The molecule has 0 saturated carbocycles. The van der Waals surface area contributed by atoms with Gasteiger partial charge in [0.2, 0.25) is 0 Å². The number of aryl methyl sites for hydroxylation is 1. The zero-order valence-electron chi connectivity index (χ0n) is 8.23. The molecule has 0 N–H and O–H groups in total. The molecule has 0 aliphatic heterocycles. The first-order valence-corrected chi connectivity index (χ1v) is 4.90. The summed E-state index contributed by atoms with van der Waals surface area (Å²) in [5.74, 6) is 0. The molecule has 0 amide bonds. The van der Waals surface area contributed by atoms with Gasteiger partial charge in [0.05, 0.1) is 0 Å². The fourth-order valence-electron chi connectivity index (χ4n) is 1.79. The third-order valence-corrected chi connectivity index (χ3v) is 2.44. The minimum atomic E-state index is 0.775. The van der Waals surface area contributed by atoms with E-state index in [-0.39, 0.29) is 0 Å². The van der Waals surface area contributed by atoms with E-state index in [9.17, 15) is 4.79 Å². The lowest BCUT2D eigenvalue weighted by atomic mass is 10.1. The van der Waals surface area contributed by atoms with Crippen LogP contribution < -0.4 is 0 Å². The number of rotatable bonds is 3. The van der Waals surface area contributed by atoms with Crippen molar-refractivity contribution >= 4 is 17.2 Å². The SMILES string of the molecule is CCCn1ccc2c(C=O)cccc21. The van der Waals surface area contributed by atoms with E-state index in [1.807, 2.05) is 24.4 Å². The van der Waals surface area contributed by atoms with Crippen molar-refractivity contribution in [2.75, 3.05) is 0 Å². The van der Waals surface area contributed by atoms with Crippen LogP contribution in [0.15, 0.2) is 30.5 Å². The Morgan fingerprint density at radius 1 is 1.36 bits per heavy atom. The topological polar surface area (TPSA) is 22.0 Å². The molecule has 1 aromatic heterocycles. The van der Waals surface area contributed by atoms with Gasteiger partial charge in [0.15, 0.2) is 6.29 Å². The highest BCUT2D eigenvalue weighted by atomic mass is 16.1. The van der Waals surface area contributed by atoms with Gasteiger partial charge in [-0.1, -0.05) is 19.1 Å². The summed E-state index contributed by atoms with van der Waals surface area (Å²) in [4.78, 5) is 10.8. The summed E-state index contributed by atoms with van der Waals surface area (Å²) < 4.78 is 2.18. The average molecular weight is 187 g/mol. The van der Waals surface area contributed by atoms with Gasteiger partial charge in [0.1, 0.15) is 0 Å². The molecule has 0 aliphatic carbocycles. The Bertz CT molecular complexity index is 456. The van der Waals surface area contributed by atoms with Crippen LogP contribution in [0.25, 0.3) is 10.9 Å². The van der Waals surface area contributed by atoms with E-state index in [0.717, 1.165) is 35.7 Å². The van der Waals surface area contributed by atoms with Crippen molar-refractivity contribution in [2.24, 2.45) is 0 Å². The number of carbonyl (C=O) groups excluding carboxylic acids is 1. The standard InChI is InChI=1S/C12H13NO/c1-2-7-13-8-6-11-10(9-14)4-3-5-12(11)13/h3-6,8-9H,2,7H2,1H3. The molecule has 0 fully saturated rings. The predicted octanol–water partition coefficient (Wildman–Crippen LogP) is 2.86. The Morgan fingerprint density at radius 2 is 2.21 bits per heavy atom. The maximum absolute atomic E-state index is 10.8. The number of hydrogen-bond donors (Lipinski definition) is 0. The second kappa shape index (κ2) is 3.66. The Hall–Kier alpha value is -1.57. The first kappa shape index (κ1) is 9.00. The monoisotopic (exact) mass is 187 g/mol. The lowest BCUT2D eigenvalue weighted by molar-refractivity contribution is 0.112. The summed E-state index contributed by atoms with van der Waals surface area (Å²) in [5, 5.41) is 1.05. The molecular weight excluding hydrogens is 174 g/mol. The average Bonchev–Trinajstić information content (AvgIpc) is 2.62. The van der Waals surface area contributed by atoms with Gasteiger partial charge in [-0.3, -0.25) is 4.79 Å². The lowest BCUT2D eigenvalue weighted by Gasteiger charge is -2.02. The first-order chi connectivity index (χ1) is 6.86. The number of nitrogens with zero attached hydrogens (tertiary/aromatic N) is 1. The summed E-state index contributed by atoms with van der Waals surface area (Å²) in [5.41, 5.74) is 1.92. The highest BCUT2D eigenvalue weighted by Crippen LogP contribution is 2.19. The van der Waals surface area contributed by atoms with Crippen LogP contribution in [0.5, 0.6) is 0 Å². The third-order valence-electron chi connectivity index (χ3n) is 2.44. The number of aromatic nitrogens is 1. The molecule has 0 spiro atoms. The molecular formula is C12H13NO. The van der Waals surface area contributed by atoms with Crippen LogP contribution >= 0.6 is 0 Å². The van der Waals surface area contributed by atoms with Gasteiger partial charge < -0.3 is 4.57 Å². The van der Waals surface area contributed by atoms with Crippen LogP contribution in [0.2, 0.25) is 0 Å². The van der Waals surface area contributed by atoms with Gasteiger partial charge in [0, 0.05) is 29.2 Å². The molecule has 2 nitrogen and oxygen atoms in total. The lowest BCUT2D eigenvalue weighted by Crippen LogP contribution is -1.93. The maximum Gasteiger partial charge on any atom is 0.150 e. The van der Waals surface area contributed by atoms with Gasteiger partial charge in [0.25, 0.3) is 0 Å². The molecule has 0 saturated heterocycles. The number of hydrogen-bond acceptors (Lipinski definition) is 1. The zero-order chi connectivity index (χ0) is 9.97. The predicted molar refractivity (Wildman–Crippen MR) is 57.6 cm³/mol. The van der Waals surface area contributed by atoms with E-state index in [1.165, 1.54) is 0 Å². The quantitative estimate of drug-likeness (QED) is 0.677. The van der Waals surface area contributed by atoms with Gasteiger partial charge in [-0.15, -0.1) is 0 Å². The second-order valence-electron chi connectivity index (χ2n) is 3.41. The van der Waals surface area contributed by atoms with Crippen LogP contribution in [0, 0.1) is 0 Å². The molecule has 1 heterocycles. The Balaban J connectivity index is 2.63. The molecule has 2 aromatic rings. The highest BCUT2D eigenvalue weighted by Gasteiger charge is 2.03. The second-order valence-corrected chi connectivity index (χ2v) is 3.41. The molecule has 72 valence electrons. The van der Waals surface area contributed by atoms with E-state index in [2.05, 4.69) is 17.6 Å². The molecule has 2 rings (SSSR count). The fourth-order valence-corrected chi connectivity index (χ4v) is 1.79. The van der Waals surface area contributed by atoms with E-state index < -0.39 is 0 Å². The molecule has 1 aromatic carbocycles. The summed E-state index contributed by atoms with van der Waals surface area (Å²) in [7, 11) is 0. The normalized spacial score (nSPS) is 10.6. The number of carbonyl (C=O) groups is 1. The maximum atomic E-state index is 10.8. The Morgan fingerprint density at radius 3 is 2.93 bits per heavy atom. The van der Waals surface area contributed by atoms with Gasteiger partial charge in [-0.25, -0.2) is 0 Å². The summed E-state index contributed by atoms with van der Waals surface area (Å²) in [6.45, 7) is 3.15. The van der Waals surface area contributed by atoms with Crippen LogP contribution in [0.4, 0.5) is 0 Å². The van der Waals surface area contributed by atoms with E-state index in [0.29, 0.717) is 0 Å². The van der Waals surface area contributed by atoms with E-state index >= 15 is 0 Å². The molecule has 0 atom stereocenters. The Labute approximate surface area is 83.2 Å². The number of benzene rings is 1. The molecule has 0 radical (unpaired) electrons. The van der Waals surface area contributed by atoms with Crippen molar-refractivity contribution in [1.29, 1.82) is 0 Å². The summed E-state index contributed by atoms with van der Waals surface area (Å²) in [6, 6.07) is 7.84. The molecule has 0 aliphatic rings. The fraction of sp³-hybridized carbons (Fsp3) is 0.250. The van der Waals surface area contributed by atoms with Crippen LogP contribution in [-0.4, -0.2) is 10.9 Å². The number of fused-ring (bicyclic) bond motifs is 1. The summed E-state index contributed by atoms with van der Waals surface area (Å²) >= 11 is 0. The van der Waals surface area contributed by atoms with E-state index in [1.54, 1.807) is 0 Å². The van der Waals surface area contributed by atoms with E-state index in [4.69, 9.17) is 0 Å². The third kappa shape index (κ3) is 1.33. The van der Waals surface area contributed by atoms with Crippen molar-refractivity contribution in [2.45, 2.75) is 19.9 Å². The first-order valence-electron chi connectivity index (χ1n) is 4.90. The minimum absolute atomic E-state index is 0.775.